The van der Waals surface area contributed by atoms with E-state index < -0.39 is 0 Å². The lowest BCUT2D eigenvalue weighted by Crippen LogP contribution is -2.00. The van der Waals surface area contributed by atoms with Crippen LogP contribution in [-0.2, 0) is 17.8 Å². The second-order valence-electron chi connectivity index (χ2n) is 5.14. The number of hydrogen-bond donors (Lipinski definition) is 1. The minimum absolute atomic E-state index is 0.490. The average Bonchev–Trinajstić information content (AvgIpc) is 2.50. The molecule has 2 N–H and O–H groups in total. The molecule has 0 aliphatic rings. The molecule has 110 valence electrons. The molecule has 0 aromatic heterocycles. The van der Waals surface area contributed by atoms with Crippen LogP contribution in [0.15, 0.2) is 48.5 Å². The molecular weight excluding hydrogens is 258 g/mol. The maximum atomic E-state index is 6.09. The molecule has 0 aliphatic carbocycles. The Hall–Kier alpha value is -2.22. The molecule has 0 unspecified atom stereocenters. The minimum Gasteiger partial charge on any atom is -0.489 e. The third kappa shape index (κ3) is 3.66. The predicted molar refractivity (Wildman–Crippen MR) is 89.9 cm³/mol. The summed E-state index contributed by atoms with van der Waals surface area (Å²) >= 11 is 0. The van der Waals surface area contributed by atoms with E-state index in [1.54, 1.807) is 0 Å². The molecule has 0 atom stereocenters. The summed E-state index contributed by atoms with van der Waals surface area (Å²) in [4.78, 5) is 0. The molecule has 0 aliphatic heterocycles. The highest BCUT2D eigenvalue weighted by atomic mass is 16.5. The van der Waals surface area contributed by atoms with Gasteiger partial charge in [0.25, 0.3) is 0 Å². The molecule has 2 nitrogen and oxygen atoms in total. The Kier molecular flexibility index (Phi) is 5.04. The van der Waals surface area contributed by atoms with Crippen molar-refractivity contribution in [1.82, 2.24) is 0 Å². The van der Waals surface area contributed by atoms with E-state index in [2.05, 4.69) is 38.1 Å². The molecule has 21 heavy (non-hydrogen) atoms. The third-order valence-corrected chi connectivity index (χ3v) is 3.67. The van der Waals surface area contributed by atoms with Crippen LogP contribution in [0, 0.1) is 6.92 Å². The second kappa shape index (κ2) is 6.98. The Balaban J connectivity index is 2.13. The summed E-state index contributed by atoms with van der Waals surface area (Å²) in [7, 11) is 0. The highest BCUT2D eigenvalue weighted by Gasteiger charge is 2.07. The van der Waals surface area contributed by atoms with Crippen molar-refractivity contribution >= 4 is 11.4 Å². The monoisotopic (exact) mass is 281 g/mol. The number of rotatable bonds is 5. The van der Waals surface area contributed by atoms with Gasteiger partial charge in [0.1, 0.15) is 12.4 Å². The smallest absolute Gasteiger partial charge is 0.123 e. The molecule has 0 fully saturated rings. The van der Waals surface area contributed by atoms with Gasteiger partial charge in [-0.1, -0.05) is 43.3 Å². The first-order valence-electron chi connectivity index (χ1n) is 7.38. The van der Waals surface area contributed by atoms with Gasteiger partial charge in [-0.2, -0.15) is 0 Å². The van der Waals surface area contributed by atoms with Crippen LogP contribution >= 0.6 is 0 Å². The lowest BCUT2D eigenvalue weighted by atomic mass is 10.1. The summed E-state index contributed by atoms with van der Waals surface area (Å²) in [5.74, 6) is 0.895. The molecule has 0 bridgehead atoms. The number of anilines is 1. The SMILES string of the molecule is CC=C(OCc1ccc(CC)cc1N)c1ccccc1C. The number of benzene rings is 2. The molecular formula is C19H23NO. The number of aryl methyl sites for hydroxylation is 2. The fourth-order valence-corrected chi connectivity index (χ4v) is 2.32. The van der Waals surface area contributed by atoms with Crippen molar-refractivity contribution in [1.29, 1.82) is 0 Å². The van der Waals surface area contributed by atoms with Crippen molar-refractivity contribution in [3.8, 4) is 0 Å². The molecule has 0 spiro atoms. The van der Waals surface area contributed by atoms with E-state index in [9.17, 15) is 0 Å². The maximum absolute atomic E-state index is 6.09. The Morgan fingerprint density at radius 3 is 2.57 bits per heavy atom. The lowest BCUT2D eigenvalue weighted by molar-refractivity contribution is 0.264. The number of nitrogens with two attached hydrogens (primary N) is 1. The van der Waals surface area contributed by atoms with Gasteiger partial charge < -0.3 is 10.5 Å². The van der Waals surface area contributed by atoms with Crippen LogP contribution in [0.3, 0.4) is 0 Å². The Labute approximate surface area is 127 Å². The maximum Gasteiger partial charge on any atom is 0.123 e. The molecule has 0 radical (unpaired) electrons. The molecule has 2 aromatic rings. The van der Waals surface area contributed by atoms with Gasteiger partial charge in [0.2, 0.25) is 0 Å². The van der Waals surface area contributed by atoms with Gasteiger partial charge in [0, 0.05) is 16.8 Å². The summed E-state index contributed by atoms with van der Waals surface area (Å²) in [5, 5.41) is 0. The second-order valence-corrected chi connectivity index (χ2v) is 5.14. The molecule has 0 heterocycles. The zero-order chi connectivity index (χ0) is 15.2. The van der Waals surface area contributed by atoms with E-state index >= 15 is 0 Å². The normalized spacial score (nSPS) is 11.5. The van der Waals surface area contributed by atoms with Crippen LogP contribution in [0.2, 0.25) is 0 Å². The van der Waals surface area contributed by atoms with E-state index in [-0.39, 0.29) is 0 Å². The Morgan fingerprint density at radius 2 is 1.95 bits per heavy atom. The molecule has 2 aromatic carbocycles. The van der Waals surface area contributed by atoms with E-state index in [0.717, 1.165) is 29.0 Å². The average molecular weight is 281 g/mol. The first-order chi connectivity index (χ1) is 10.2. The summed E-state index contributed by atoms with van der Waals surface area (Å²) in [6.07, 6.45) is 2.99. The van der Waals surface area contributed by atoms with Crippen LogP contribution in [-0.4, -0.2) is 0 Å². The molecule has 0 saturated carbocycles. The van der Waals surface area contributed by atoms with E-state index in [4.69, 9.17) is 10.5 Å². The molecule has 0 saturated heterocycles. The molecule has 0 amide bonds. The molecule has 2 heteroatoms. The third-order valence-electron chi connectivity index (χ3n) is 3.67. The van der Waals surface area contributed by atoms with Crippen molar-refractivity contribution in [3.05, 3.63) is 70.8 Å². The fourth-order valence-electron chi connectivity index (χ4n) is 2.32. The largest absolute Gasteiger partial charge is 0.489 e. The highest BCUT2D eigenvalue weighted by Crippen LogP contribution is 2.23. The summed E-state index contributed by atoms with van der Waals surface area (Å²) in [6, 6.07) is 14.4. The van der Waals surface area contributed by atoms with Gasteiger partial charge in [0.15, 0.2) is 0 Å². The number of hydrogen-bond acceptors (Lipinski definition) is 2. The van der Waals surface area contributed by atoms with Crippen molar-refractivity contribution in [3.63, 3.8) is 0 Å². The van der Waals surface area contributed by atoms with Crippen LogP contribution < -0.4 is 5.73 Å². The first kappa shape index (κ1) is 15.2. The van der Waals surface area contributed by atoms with Gasteiger partial charge in [0.05, 0.1) is 0 Å². The Bertz CT molecular complexity index is 644. The van der Waals surface area contributed by atoms with Crippen molar-refractivity contribution < 1.29 is 4.74 Å². The highest BCUT2D eigenvalue weighted by molar-refractivity contribution is 5.62. The van der Waals surface area contributed by atoms with Gasteiger partial charge in [-0.25, -0.2) is 0 Å². The van der Waals surface area contributed by atoms with E-state index in [0.29, 0.717) is 6.61 Å². The first-order valence-corrected chi connectivity index (χ1v) is 7.38. The Morgan fingerprint density at radius 1 is 1.19 bits per heavy atom. The number of nitrogen functional groups attached to an aromatic ring is 1. The number of ether oxygens (including phenoxy) is 1. The topological polar surface area (TPSA) is 35.2 Å². The zero-order valence-corrected chi connectivity index (χ0v) is 13.0. The zero-order valence-electron chi connectivity index (χ0n) is 13.0. The summed E-state index contributed by atoms with van der Waals surface area (Å²) < 4.78 is 5.98. The minimum atomic E-state index is 0.490. The van der Waals surface area contributed by atoms with Crippen molar-refractivity contribution in [2.45, 2.75) is 33.8 Å². The predicted octanol–water partition coefficient (Wildman–Crippen LogP) is 4.72. The van der Waals surface area contributed by atoms with Crippen LogP contribution in [0.1, 0.15) is 36.1 Å². The van der Waals surface area contributed by atoms with Gasteiger partial charge >= 0.3 is 0 Å². The van der Waals surface area contributed by atoms with Crippen LogP contribution in [0.4, 0.5) is 5.69 Å². The standard InChI is InChI=1S/C19H23NO/c1-4-15-10-11-16(18(20)12-15)13-21-19(5-2)17-9-7-6-8-14(17)3/h5-12H,4,13,20H2,1-3H3. The van der Waals surface area contributed by atoms with Crippen LogP contribution in [0.5, 0.6) is 0 Å². The van der Waals surface area contributed by atoms with Crippen molar-refractivity contribution in [2.75, 3.05) is 5.73 Å². The molecule has 2 rings (SSSR count). The fraction of sp³-hybridized carbons (Fsp3) is 0.263. The van der Waals surface area contributed by atoms with Gasteiger partial charge in [-0.15, -0.1) is 0 Å². The quantitative estimate of drug-likeness (QED) is 0.636. The van der Waals surface area contributed by atoms with Crippen molar-refractivity contribution in [2.24, 2.45) is 0 Å². The lowest BCUT2D eigenvalue weighted by Gasteiger charge is -2.14. The van der Waals surface area contributed by atoms with E-state index in [1.807, 2.05) is 31.2 Å². The van der Waals surface area contributed by atoms with E-state index in [1.165, 1.54) is 11.1 Å². The summed E-state index contributed by atoms with van der Waals surface area (Å²) in [5.41, 5.74) is 11.5. The van der Waals surface area contributed by atoms with Gasteiger partial charge in [-0.3, -0.25) is 0 Å². The van der Waals surface area contributed by atoms with Crippen LogP contribution in [0.25, 0.3) is 5.76 Å². The summed E-state index contributed by atoms with van der Waals surface area (Å²) in [6.45, 7) is 6.70. The van der Waals surface area contributed by atoms with Gasteiger partial charge in [-0.05, 0) is 43.5 Å². The number of allylic oxidation sites excluding steroid dienone is 1.